The van der Waals surface area contributed by atoms with Gasteiger partial charge in [-0.15, -0.1) is 11.3 Å². The molecule has 0 aliphatic carbocycles. The van der Waals surface area contributed by atoms with Crippen LogP contribution in [0.3, 0.4) is 0 Å². The van der Waals surface area contributed by atoms with Crippen molar-refractivity contribution in [3.8, 4) is 0 Å². The van der Waals surface area contributed by atoms with Gasteiger partial charge in [0.2, 0.25) is 0 Å². The molecule has 0 saturated carbocycles. The lowest BCUT2D eigenvalue weighted by Gasteiger charge is -2.05. The minimum absolute atomic E-state index is 0.0642. The third kappa shape index (κ3) is 3.91. The molecule has 1 heterocycles. The second kappa shape index (κ2) is 6.20. The Balaban J connectivity index is 2.05. The molecular formula is C14H13Br2NOS. The molecule has 5 heteroatoms. The number of amides is 1. The Morgan fingerprint density at radius 2 is 1.79 bits per heavy atom. The SMILES string of the molecule is Cc1cc(CNC(=O)c2cc(Br)cc(Br)c2)sc1C. The van der Waals surface area contributed by atoms with E-state index in [1.165, 1.54) is 15.3 Å². The highest BCUT2D eigenvalue weighted by molar-refractivity contribution is 9.11. The smallest absolute Gasteiger partial charge is 0.251 e. The summed E-state index contributed by atoms with van der Waals surface area (Å²) in [6, 6.07) is 7.65. The van der Waals surface area contributed by atoms with Gasteiger partial charge in [0.25, 0.3) is 5.91 Å². The molecule has 1 amide bonds. The average Bonchev–Trinajstić information content (AvgIpc) is 2.64. The number of benzene rings is 1. The third-order valence-electron chi connectivity index (χ3n) is 2.76. The Bertz CT molecular complexity index is 582. The molecule has 100 valence electrons. The predicted molar refractivity (Wildman–Crippen MR) is 86.8 cm³/mol. The van der Waals surface area contributed by atoms with Crippen LogP contribution in [0.1, 0.15) is 25.7 Å². The first-order valence-corrected chi connectivity index (χ1v) is 8.16. The maximum absolute atomic E-state index is 12.1. The Labute approximate surface area is 133 Å². The molecule has 0 spiro atoms. The number of carbonyl (C=O) groups is 1. The van der Waals surface area contributed by atoms with Crippen molar-refractivity contribution in [3.63, 3.8) is 0 Å². The standard InChI is InChI=1S/C14H13Br2NOS/c1-8-3-13(19-9(8)2)7-17-14(18)10-4-11(15)6-12(16)5-10/h3-6H,7H2,1-2H3,(H,17,18). The molecule has 0 radical (unpaired) electrons. The first-order chi connectivity index (χ1) is 8.95. The Morgan fingerprint density at radius 1 is 1.16 bits per heavy atom. The summed E-state index contributed by atoms with van der Waals surface area (Å²) in [7, 11) is 0. The van der Waals surface area contributed by atoms with Gasteiger partial charge in [-0.25, -0.2) is 0 Å². The third-order valence-corrected chi connectivity index (χ3v) is 4.83. The second-order valence-electron chi connectivity index (χ2n) is 4.29. The largest absolute Gasteiger partial charge is 0.347 e. The number of halogens is 2. The van der Waals surface area contributed by atoms with Crippen LogP contribution in [-0.4, -0.2) is 5.91 Å². The summed E-state index contributed by atoms with van der Waals surface area (Å²) in [5, 5.41) is 2.94. The zero-order chi connectivity index (χ0) is 14.0. The lowest BCUT2D eigenvalue weighted by molar-refractivity contribution is 0.0951. The van der Waals surface area contributed by atoms with E-state index in [-0.39, 0.29) is 5.91 Å². The molecule has 0 aliphatic heterocycles. The van der Waals surface area contributed by atoms with E-state index in [1.807, 2.05) is 18.2 Å². The number of aryl methyl sites for hydroxylation is 2. The van der Waals surface area contributed by atoms with Crippen LogP contribution >= 0.6 is 43.2 Å². The molecule has 1 aromatic carbocycles. The van der Waals surface area contributed by atoms with Gasteiger partial charge >= 0.3 is 0 Å². The number of rotatable bonds is 3. The summed E-state index contributed by atoms with van der Waals surface area (Å²) in [6.45, 7) is 4.75. The fraction of sp³-hybridized carbons (Fsp3) is 0.214. The molecule has 0 aliphatic rings. The summed E-state index contributed by atoms with van der Waals surface area (Å²) >= 11 is 8.49. The number of hydrogen-bond acceptors (Lipinski definition) is 2. The first-order valence-electron chi connectivity index (χ1n) is 5.76. The van der Waals surface area contributed by atoms with Gasteiger partial charge < -0.3 is 5.32 Å². The topological polar surface area (TPSA) is 29.1 Å². The van der Waals surface area contributed by atoms with E-state index < -0.39 is 0 Å². The highest BCUT2D eigenvalue weighted by atomic mass is 79.9. The van der Waals surface area contributed by atoms with E-state index in [0.29, 0.717) is 12.1 Å². The Morgan fingerprint density at radius 3 is 2.32 bits per heavy atom. The van der Waals surface area contributed by atoms with Crippen LogP contribution in [0.15, 0.2) is 33.2 Å². The van der Waals surface area contributed by atoms with Crippen LogP contribution < -0.4 is 5.32 Å². The van der Waals surface area contributed by atoms with Crippen LogP contribution in [-0.2, 0) is 6.54 Å². The zero-order valence-electron chi connectivity index (χ0n) is 10.6. The molecule has 2 rings (SSSR count). The normalized spacial score (nSPS) is 10.5. The van der Waals surface area contributed by atoms with Crippen molar-refractivity contribution in [3.05, 3.63) is 54.1 Å². The van der Waals surface area contributed by atoms with Crippen molar-refractivity contribution in [2.75, 3.05) is 0 Å². The molecular weight excluding hydrogens is 390 g/mol. The van der Waals surface area contributed by atoms with Gasteiger partial charge in [0.1, 0.15) is 0 Å². The molecule has 0 atom stereocenters. The highest BCUT2D eigenvalue weighted by Crippen LogP contribution is 2.22. The lowest BCUT2D eigenvalue weighted by atomic mass is 10.2. The van der Waals surface area contributed by atoms with E-state index in [1.54, 1.807) is 11.3 Å². The van der Waals surface area contributed by atoms with Crippen molar-refractivity contribution < 1.29 is 4.79 Å². The maximum atomic E-state index is 12.1. The molecule has 2 aromatic rings. The van der Waals surface area contributed by atoms with Gasteiger partial charge in [0, 0.05) is 24.3 Å². The van der Waals surface area contributed by atoms with E-state index >= 15 is 0 Å². The quantitative estimate of drug-likeness (QED) is 0.783. The van der Waals surface area contributed by atoms with Crippen molar-refractivity contribution in [1.82, 2.24) is 5.32 Å². The minimum Gasteiger partial charge on any atom is -0.347 e. The number of hydrogen-bond donors (Lipinski definition) is 1. The lowest BCUT2D eigenvalue weighted by Crippen LogP contribution is -2.22. The number of nitrogens with one attached hydrogen (secondary N) is 1. The van der Waals surface area contributed by atoms with Gasteiger partial charge in [0.15, 0.2) is 0 Å². The van der Waals surface area contributed by atoms with Gasteiger partial charge in [-0.2, -0.15) is 0 Å². The Kier molecular flexibility index (Phi) is 4.81. The predicted octanol–water partition coefficient (Wildman–Crippen LogP) is 4.82. The molecule has 0 saturated heterocycles. The van der Waals surface area contributed by atoms with Gasteiger partial charge in [-0.1, -0.05) is 31.9 Å². The van der Waals surface area contributed by atoms with E-state index in [9.17, 15) is 4.79 Å². The van der Waals surface area contributed by atoms with Crippen LogP contribution in [0.4, 0.5) is 0 Å². The summed E-state index contributed by atoms with van der Waals surface area (Å²) in [5.74, 6) is -0.0642. The fourth-order valence-electron chi connectivity index (χ4n) is 1.69. The zero-order valence-corrected chi connectivity index (χ0v) is 14.6. The van der Waals surface area contributed by atoms with Crippen LogP contribution in [0.2, 0.25) is 0 Å². The maximum Gasteiger partial charge on any atom is 0.251 e. The van der Waals surface area contributed by atoms with Crippen molar-refractivity contribution in [1.29, 1.82) is 0 Å². The van der Waals surface area contributed by atoms with Crippen LogP contribution in [0.5, 0.6) is 0 Å². The summed E-state index contributed by atoms with van der Waals surface area (Å²) in [5.41, 5.74) is 1.92. The molecule has 1 aromatic heterocycles. The summed E-state index contributed by atoms with van der Waals surface area (Å²) in [4.78, 5) is 14.5. The molecule has 0 unspecified atom stereocenters. The summed E-state index contributed by atoms with van der Waals surface area (Å²) in [6.07, 6.45) is 0. The van der Waals surface area contributed by atoms with E-state index in [2.05, 4.69) is 57.1 Å². The molecule has 2 nitrogen and oxygen atoms in total. The van der Waals surface area contributed by atoms with Gasteiger partial charge in [-0.05, 0) is 43.7 Å². The second-order valence-corrected chi connectivity index (χ2v) is 7.46. The average molecular weight is 403 g/mol. The van der Waals surface area contributed by atoms with E-state index in [0.717, 1.165) is 8.95 Å². The van der Waals surface area contributed by atoms with E-state index in [4.69, 9.17) is 0 Å². The fourth-order valence-corrected chi connectivity index (χ4v) is 3.98. The van der Waals surface area contributed by atoms with Gasteiger partial charge in [-0.3, -0.25) is 4.79 Å². The van der Waals surface area contributed by atoms with Gasteiger partial charge in [0.05, 0.1) is 6.54 Å². The molecule has 19 heavy (non-hydrogen) atoms. The summed E-state index contributed by atoms with van der Waals surface area (Å²) < 4.78 is 1.77. The monoisotopic (exact) mass is 401 g/mol. The van der Waals surface area contributed by atoms with Crippen molar-refractivity contribution in [2.45, 2.75) is 20.4 Å². The molecule has 0 fully saturated rings. The number of thiophene rings is 1. The molecule has 1 N–H and O–H groups in total. The van der Waals surface area contributed by atoms with Crippen molar-refractivity contribution >= 4 is 49.1 Å². The minimum atomic E-state index is -0.0642. The van der Waals surface area contributed by atoms with Crippen LogP contribution in [0.25, 0.3) is 0 Å². The molecule has 0 bridgehead atoms. The van der Waals surface area contributed by atoms with Crippen LogP contribution in [0, 0.1) is 13.8 Å². The van der Waals surface area contributed by atoms with Crippen molar-refractivity contribution in [2.24, 2.45) is 0 Å². The Hall–Kier alpha value is -0.650. The first kappa shape index (κ1) is 14.8. The highest BCUT2D eigenvalue weighted by Gasteiger charge is 2.08. The number of carbonyl (C=O) groups excluding carboxylic acids is 1.